The van der Waals surface area contributed by atoms with Gasteiger partial charge in [-0.3, -0.25) is 0 Å². The van der Waals surface area contributed by atoms with E-state index in [0.29, 0.717) is 22.6 Å². The first kappa shape index (κ1) is 14.9. The number of likely N-dealkylation sites (tertiary alicyclic amines) is 1. The molecule has 6 heteroatoms. The van der Waals surface area contributed by atoms with Crippen molar-refractivity contribution in [3.8, 4) is 5.75 Å². The lowest BCUT2D eigenvalue weighted by Crippen LogP contribution is -2.49. The van der Waals surface area contributed by atoms with Crippen molar-refractivity contribution in [1.29, 1.82) is 0 Å². The molecular formula is C14H22N4OS. The monoisotopic (exact) mass is 294 g/mol. The molecule has 1 aliphatic rings. The highest BCUT2D eigenvalue weighted by Gasteiger charge is 2.27. The van der Waals surface area contributed by atoms with Crippen molar-refractivity contribution >= 4 is 28.7 Å². The molecule has 0 saturated carbocycles. The van der Waals surface area contributed by atoms with Gasteiger partial charge in [-0.2, -0.15) is 0 Å². The SMILES string of the molecule is COc1cc(N)ccc1N(C(N)=S)C1CCN(C)CC1. The number of piperidine rings is 1. The number of hydrogen-bond donors (Lipinski definition) is 2. The topological polar surface area (TPSA) is 67.8 Å². The molecule has 1 fully saturated rings. The minimum absolute atomic E-state index is 0.307. The van der Waals surface area contributed by atoms with Gasteiger partial charge < -0.3 is 26.0 Å². The summed E-state index contributed by atoms with van der Waals surface area (Å²) in [5.74, 6) is 0.705. The van der Waals surface area contributed by atoms with Crippen molar-refractivity contribution in [3.05, 3.63) is 18.2 Å². The number of nitrogens with zero attached hydrogens (tertiary/aromatic N) is 2. The van der Waals surface area contributed by atoms with Gasteiger partial charge in [-0.25, -0.2) is 0 Å². The summed E-state index contributed by atoms with van der Waals surface area (Å²) < 4.78 is 5.42. The van der Waals surface area contributed by atoms with Gasteiger partial charge in [-0.1, -0.05) is 0 Å². The summed E-state index contributed by atoms with van der Waals surface area (Å²) in [6, 6.07) is 5.88. The zero-order chi connectivity index (χ0) is 14.7. The molecule has 0 aromatic heterocycles. The molecule has 0 bridgehead atoms. The molecule has 0 amide bonds. The van der Waals surface area contributed by atoms with Crippen LogP contribution in [-0.4, -0.2) is 43.3 Å². The molecule has 1 aromatic rings. The molecule has 4 N–H and O–H groups in total. The van der Waals surface area contributed by atoms with Crippen LogP contribution in [0.4, 0.5) is 11.4 Å². The Morgan fingerprint density at radius 3 is 2.60 bits per heavy atom. The van der Waals surface area contributed by atoms with Gasteiger partial charge in [-0.15, -0.1) is 0 Å². The van der Waals surface area contributed by atoms with Crippen LogP contribution in [0.15, 0.2) is 18.2 Å². The molecule has 2 rings (SSSR count). The Balaban J connectivity index is 2.31. The zero-order valence-corrected chi connectivity index (χ0v) is 12.8. The first-order valence-electron chi connectivity index (χ1n) is 6.73. The third-order valence-electron chi connectivity index (χ3n) is 3.75. The first-order valence-corrected chi connectivity index (χ1v) is 7.14. The highest BCUT2D eigenvalue weighted by molar-refractivity contribution is 7.80. The van der Waals surface area contributed by atoms with Crippen molar-refractivity contribution in [2.24, 2.45) is 5.73 Å². The average molecular weight is 294 g/mol. The van der Waals surface area contributed by atoms with Gasteiger partial charge in [0.1, 0.15) is 5.75 Å². The van der Waals surface area contributed by atoms with Crippen LogP contribution in [0.5, 0.6) is 5.75 Å². The molecule has 1 saturated heterocycles. The molecule has 0 unspecified atom stereocenters. The summed E-state index contributed by atoms with van der Waals surface area (Å²) in [6.45, 7) is 2.09. The van der Waals surface area contributed by atoms with Crippen molar-refractivity contribution in [1.82, 2.24) is 4.90 Å². The molecule has 0 spiro atoms. The maximum Gasteiger partial charge on any atom is 0.171 e. The molecule has 110 valence electrons. The third-order valence-corrected chi connectivity index (χ3v) is 3.95. The Hall–Kier alpha value is -1.53. The van der Waals surface area contributed by atoms with Crippen LogP contribution in [-0.2, 0) is 0 Å². The van der Waals surface area contributed by atoms with Crippen molar-refractivity contribution < 1.29 is 4.74 Å². The number of methoxy groups -OCH3 is 1. The van der Waals surface area contributed by atoms with Crippen molar-refractivity contribution in [2.45, 2.75) is 18.9 Å². The molecule has 20 heavy (non-hydrogen) atoms. The average Bonchev–Trinajstić information content (AvgIpc) is 2.42. The van der Waals surface area contributed by atoms with E-state index in [1.807, 2.05) is 17.0 Å². The molecule has 1 aliphatic heterocycles. The quantitative estimate of drug-likeness (QED) is 0.649. The van der Waals surface area contributed by atoms with E-state index in [0.717, 1.165) is 31.6 Å². The number of nitrogens with two attached hydrogens (primary N) is 2. The number of anilines is 2. The van der Waals surface area contributed by atoms with Gasteiger partial charge in [-0.05, 0) is 57.3 Å². The normalized spacial score (nSPS) is 16.9. The summed E-state index contributed by atoms with van der Waals surface area (Å²) in [4.78, 5) is 4.31. The van der Waals surface area contributed by atoms with Gasteiger partial charge >= 0.3 is 0 Å². The predicted octanol–water partition coefficient (Wildman–Crippen LogP) is 1.42. The number of ether oxygens (including phenoxy) is 1. The number of thiocarbonyl (C=S) groups is 1. The van der Waals surface area contributed by atoms with Crippen molar-refractivity contribution in [3.63, 3.8) is 0 Å². The Bertz CT molecular complexity index is 486. The Labute approximate surface area is 125 Å². The minimum Gasteiger partial charge on any atom is -0.494 e. The second-order valence-electron chi connectivity index (χ2n) is 5.17. The smallest absolute Gasteiger partial charge is 0.171 e. The minimum atomic E-state index is 0.307. The number of benzene rings is 1. The Kier molecular flexibility index (Phi) is 4.67. The molecule has 1 heterocycles. The van der Waals surface area contributed by atoms with Crippen LogP contribution in [0.1, 0.15) is 12.8 Å². The van der Waals surface area contributed by atoms with E-state index in [-0.39, 0.29) is 0 Å². The fourth-order valence-electron chi connectivity index (χ4n) is 2.64. The molecular weight excluding hydrogens is 272 g/mol. The Morgan fingerprint density at radius 2 is 2.05 bits per heavy atom. The van der Waals surface area contributed by atoms with Gasteiger partial charge in [0.25, 0.3) is 0 Å². The molecule has 0 aliphatic carbocycles. The van der Waals surface area contributed by atoms with E-state index in [2.05, 4.69) is 11.9 Å². The van der Waals surface area contributed by atoms with E-state index < -0.39 is 0 Å². The van der Waals surface area contributed by atoms with Gasteiger partial charge in [0, 0.05) is 17.8 Å². The summed E-state index contributed by atoms with van der Waals surface area (Å²) in [6.07, 6.45) is 2.06. The predicted molar refractivity (Wildman–Crippen MR) is 87.2 cm³/mol. The van der Waals surface area contributed by atoms with E-state index in [4.69, 9.17) is 28.4 Å². The number of hydrogen-bond acceptors (Lipinski definition) is 4. The van der Waals surface area contributed by atoms with Crippen LogP contribution >= 0.6 is 12.2 Å². The Morgan fingerprint density at radius 1 is 1.40 bits per heavy atom. The summed E-state index contributed by atoms with van der Waals surface area (Å²) in [7, 11) is 3.76. The largest absolute Gasteiger partial charge is 0.494 e. The lowest BCUT2D eigenvalue weighted by Gasteiger charge is -2.38. The van der Waals surface area contributed by atoms with Crippen LogP contribution in [0.25, 0.3) is 0 Å². The lowest BCUT2D eigenvalue weighted by atomic mass is 10.0. The second-order valence-corrected chi connectivity index (χ2v) is 5.59. The first-order chi connectivity index (χ1) is 9.52. The number of nitrogen functional groups attached to an aromatic ring is 1. The van der Waals surface area contributed by atoms with E-state index in [1.54, 1.807) is 13.2 Å². The summed E-state index contributed by atoms with van der Waals surface area (Å²) in [5, 5.41) is 0.377. The fourth-order valence-corrected chi connectivity index (χ4v) is 2.89. The molecule has 0 radical (unpaired) electrons. The van der Waals surface area contributed by atoms with Gasteiger partial charge in [0.05, 0.1) is 12.8 Å². The van der Waals surface area contributed by atoms with E-state index >= 15 is 0 Å². The maximum atomic E-state index is 5.95. The van der Waals surface area contributed by atoms with E-state index in [9.17, 15) is 0 Å². The van der Waals surface area contributed by atoms with Crippen LogP contribution in [0, 0.1) is 0 Å². The fraction of sp³-hybridized carbons (Fsp3) is 0.500. The van der Waals surface area contributed by atoms with Gasteiger partial charge in [0.2, 0.25) is 0 Å². The van der Waals surface area contributed by atoms with Crippen LogP contribution < -0.4 is 21.1 Å². The number of rotatable bonds is 3. The van der Waals surface area contributed by atoms with Crippen LogP contribution in [0.3, 0.4) is 0 Å². The van der Waals surface area contributed by atoms with Gasteiger partial charge in [0.15, 0.2) is 5.11 Å². The summed E-state index contributed by atoms with van der Waals surface area (Å²) in [5.41, 5.74) is 13.3. The van der Waals surface area contributed by atoms with Crippen molar-refractivity contribution in [2.75, 3.05) is 37.9 Å². The summed E-state index contributed by atoms with van der Waals surface area (Å²) >= 11 is 5.25. The van der Waals surface area contributed by atoms with E-state index in [1.165, 1.54) is 0 Å². The second kappa shape index (κ2) is 6.28. The highest BCUT2D eigenvalue weighted by Crippen LogP contribution is 2.33. The maximum absolute atomic E-state index is 5.95. The van der Waals surface area contributed by atoms with Crippen LogP contribution in [0.2, 0.25) is 0 Å². The lowest BCUT2D eigenvalue weighted by molar-refractivity contribution is 0.256. The standard InChI is InChI=1S/C14H22N4OS/c1-17-7-5-11(6-8-17)18(14(16)20)12-4-3-10(15)9-13(12)19-2/h3-4,9,11H,5-8,15H2,1-2H3,(H2,16,20). The molecule has 0 atom stereocenters. The molecule has 5 nitrogen and oxygen atoms in total. The molecule has 1 aromatic carbocycles. The zero-order valence-electron chi connectivity index (χ0n) is 12.0. The highest BCUT2D eigenvalue weighted by atomic mass is 32.1. The third kappa shape index (κ3) is 3.13.